The lowest BCUT2D eigenvalue weighted by atomic mass is 10.1. The second-order valence-electron chi connectivity index (χ2n) is 5.42. The Morgan fingerprint density at radius 3 is 2.90 bits per heavy atom. The Kier molecular flexibility index (Phi) is 5.45. The molecular formula is C13H24N4O2S2. The molecule has 1 fully saturated rings. The first-order valence-corrected chi connectivity index (χ1v) is 9.87. The van der Waals surface area contributed by atoms with Crippen LogP contribution in [0.1, 0.15) is 33.1 Å². The zero-order chi connectivity index (χ0) is 15.5. The number of sulfone groups is 1. The van der Waals surface area contributed by atoms with Gasteiger partial charge in [-0.3, -0.25) is 0 Å². The Balaban J connectivity index is 2.18. The highest BCUT2D eigenvalue weighted by Gasteiger charge is 2.27. The third-order valence-electron chi connectivity index (χ3n) is 3.75. The molecule has 1 aromatic rings. The summed E-state index contributed by atoms with van der Waals surface area (Å²) in [5.41, 5.74) is 5.79. The van der Waals surface area contributed by atoms with Gasteiger partial charge in [-0.15, -0.1) is 0 Å². The van der Waals surface area contributed by atoms with Crippen LogP contribution >= 0.6 is 11.5 Å². The number of piperidine rings is 1. The number of hydrogen-bond donors (Lipinski definition) is 2. The third-order valence-corrected chi connectivity index (χ3v) is 6.65. The van der Waals surface area contributed by atoms with E-state index in [0.717, 1.165) is 44.0 Å². The number of nitrogens with one attached hydrogen (secondary N) is 1. The maximum absolute atomic E-state index is 12.3. The van der Waals surface area contributed by atoms with Gasteiger partial charge in [0.1, 0.15) is 9.90 Å². The highest BCUT2D eigenvalue weighted by atomic mass is 32.2. The fraction of sp³-hybridized carbons (Fsp3) is 0.769. The highest BCUT2D eigenvalue weighted by molar-refractivity contribution is 7.91. The standard InChI is InChI=1S/C13H24N4O2S2/c1-3-8-21(18,19)11-12(14)16-20-13(11)15-10-6-5-7-17(4-2)9-10/h10,15H,3-9H2,1-2H3,(H2,14,16). The topological polar surface area (TPSA) is 88.3 Å². The van der Waals surface area contributed by atoms with Crippen molar-refractivity contribution in [3.05, 3.63) is 0 Å². The van der Waals surface area contributed by atoms with Gasteiger partial charge in [-0.1, -0.05) is 13.8 Å². The van der Waals surface area contributed by atoms with E-state index in [0.29, 0.717) is 11.4 Å². The smallest absolute Gasteiger partial charge is 0.185 e. The van der Waals surface area contributed by atoms with Crippen LogP contribution in [0.2, 0.25) is 0 Å². The molecule has 2 rings (SSSR count). The number of hydrogen-bond acceptors (Lipinski definition) is 7. The lowest BCUT2D eigenvalue weighted by Gasteiger charge is -2.32. The van der Waals surface area contributed by atoms with Gasteiger partial charge in [0, 0.05) is 12.6 Å². The molecule has 120 valence electrons. The van der Waals surface area contributed by atoms with Gasteiger partial charge in [0.2, 0.25) is 0 Å². The minimum Gasteiger partial charge on any atom is -0.382 e. The number of aromatic nitrogens is 1. The van der Waals surface area contributed by atoms with Crippen LogP contribution in [-0.2, 0) is 9.84 Å². The van der Waals surface area contributed by atoms with Crippen LogP contribution in [-0.4, -0.2) is 49.1 Å². The predicted molar refractivity (Wildman–Crippen MR) is 87.6 cm³/mol. The molecule has 2 heterocycles. The van der Waals surface area contributed by atoms with E-state index in [1.165, 1.54) is 0 Å². The molecule has 0 bridgehead atoms. The number of anilines is 2. The largest absolute Gasteiger partial charge is 0.382 e. The molecule has 21 heavy (non-hydrogen) atoms. The molecule has 0 spiro atoms. The van der Waals surface area contributed by atoms with Crippen LogP contribution in [0.25, 0.3) is 0 Å². The Hall–Kier alpha value is -0.860. The molecule has 0 aliphatic carbocycles. The van der Waals surface area contributed by atoms with Crippen LogP contribution in [0, 0.1) is 0 Å². The van der Waals surface area contributed by atoms with Crippen molar-refractivity contribution in [2.45, 2.75) is 44.0 Å². The first-order chi connectivity index (χ1) is 9.97. The predicted octanol–water partition coefficient (Wildman–Crippen LogP) is 1.81. The Labute approximate surface area is 130 Å². The van der Waals surface area contributed by atoms with E-state index in [1.54, 1.807) is 0 Å². The second-order valence-corrected chi connectivity index (χ2v) is 8.24. The number of likely N-dealkylation sites (tertiary alicyclic amines) is 1. The van der Waals surface area contributed by atoms with Crippen molar-refractivity contribution in [2.75, 3.05) is 36.4 Å². The van der Waals surface area contributed by atoms with Crippen LogP contribution < -0.4 is 11.1 Å². The summed E-state index contributed by atoms with van der Waals surface area (Å²) < 4.78 is 28.7. The molecule has 0 radical (unpaired) electrons. The number of nitrogen functional groups attached to an aromatic ring is 1. The minimum atomic E-state index is -3.35. The molecule has 1 aliphatic rings. The van der Waals surface area contributed by atoms with Gasteiger partial charge in [-0.05, 0) is 43.9 Å². The van der Waals surface area contributed by atoms with Crippen LogP contribution in [0.3, 0.4) is 0 Å². The van der Waals surface area contributed by atoms with Crippen molar-refractivity contribution < 1.29 is 8.42 Å². The molecule has 3 N–H and O–H groups in total. The van der Waals surface area contributed by atoms with E-state index in [-0.39, 0.29) is 22.5 Å². The van der Waals surface area contributed by atoms with E-state index >= 15 is 0 Å². The molecular weight excluding hydrogens is 308 g/mol. The summed E-state index contributed by atoms with van der Waals surface area (Å²) >= 11 is 1.15. The van der Waals surface area contributed by atoms with E-state index in [1.807, 2.05) is 6.92 Å². The molecule has 8 heteroatoms. The Bertz CT molecular complexity index is 571. The quantitative estimate of drug-likeness (QED) is 0.826. The number of rotatable bonds is 6. The van der Waals surface area contributed by atoms with E-state index in [4.69, 9.17) is 5.73 Å². The molecule has 6 nitrogen and oxygen atoms in total. The van der Waals surface area contributed by atoms with Gasteiger partial charge in [0.15, 0.2) is 15.7 Å². The van der Waals surface area contributed by atoms with Gasteiger partial charge in [0.25, 0.3) is 0 Å². The average Bonchev–Trinajstić information content (AvgIpc) is 2.80. The van der Waals surface area contributed by atoms with Crippen molar-refractivity contribution in [3.8, 4) is 0 Å². The number of nitrogens with two attached hydrogens (primary N) is 1. The summed E-state index contributed by atoms with van der Waals surface area (Å²) in [6.45, 7) is 7.05. The Morgan fingerprint density at radius 1 is 1.48 bits per heavy atom. The average molecular weight is 332 g/mol. The highest BCUT2D eigenvalue weighted by Crippen LogP contribution is 2.33. The maximum Gasteiger partial charge on any atom is 0.185 e. The maximum atomic E-state index is 12.3. The lowest BCUT2D eigenvalue weighted by molar-refractivity contribution is 0.227. The van der Waals surface area contributed by atoms with Gasteiger partial charge in [0.05, 0.1) is 5.75 Å². The summed E-state index contributed by atoms with van der Waals surface area (Å²) in [4.78, 5) is 2.56. The summed E-state index contributed by atoms with van der Waals surface area (Å²) in [5, 5.41) is 3.96. The van der Waals surface area contributed by atoms with Gasteiger partial charge in [-0.25, -0.2) is 8.42 Å². The van der Waals surface area contributed by atoms with Crippen molar-refractivity contribution in [2.24, 2.45) is 0 Å². The van der Waals surface area contributed by atoms with E-state index < -0.39 is 9.84 Å². The first-order valence-electron chi connectivity index (χ1n) is 7.44. The van der Waals surface area contributed by atoms with E-state index in [2.05, 4.69) is 21.5 Å². The summed E-state index contributed by atoms with van der Waals surface area (Å²) in [5.74, 6) is 0.231. The fourth-order valence-electron chi connectivity index (χ4n) is 2.70. The summed E-state index contributed by atoms with van der Waals surface area (Å²) in [6, 6.07) is 0.258. The van der Waals surface area contributed by atoms with Crippen LogP contribution in [0.15, 0.2) is 4.90 Å². The molecule has 1 aromatic heterocycles. The first kappa shape index (κ1) is 16.5. The second kappa shape index (κ2) is 6.93. The van der Waals surface area contributed by atoms with Gasteiger partial charge in [-0.2, -0.15) is 4.37 Å². The minimum absolute atomic E-state index is 0.107. The number of nitrogens with zero attached hydrogens (tertiary/aromatic N) is 2. The summed E-state index contributed by atoms with van der Waals surface area (Å²) in [6.07, 6.45) is 2.74. The van der Waals surface area contributed by atoms with Crippen molar-refractivity contribution in [1.29, 1.82) is 0 Å². The molecule has 0 amide bonds. The monoisotopic (exact) mass is 332 g/mol. The summed E-state index contributed by atoms with van der Waals surface area (Å²) in [7, 11) is -3.35. The normalized spacial score (nSPS) is 20.6. The number of likely N-dealkylation sites (N-methyl/N-ethyl adjacent to an activating group) is 1. The molecule has 0 aromatic carbocycles. The molecule has 1 atom stereocenters. The van der Waals surface area contributed by atoms with Crippen LogP contribution in [0.5, 0.6) is 0 Å². The van der Waals surface area contributed by atoms with E-state index in [9.17, 15) is 8.42 Å². The van der Waals surface area contributed by atoms with Crippen LogP contribution in [0.4, 0.5) is 10.8 Å². The van der Waals surface area contributed by atoms with Gasteiger partial charge < -0.3 is 16.0 Å². The fourth-order valence-corrected chi connectivity index (χ4v) is 5.39. The van der Waals surface area contributed by atoms with Crippen molar-refractivity contribution in [3.63, 3.8) is 0 Å². The SMILES string of the molecule is CCCS(=O)(=O)c1c(N)nsc1NC1CCCN(CC)C1. The van der Waals surface area contributed by atoms with Crippen molar-refractivity contribution in [1.82, 2.24) is 9.27 Å². The molecule has 0 saturated carbocycles. The molecule has 1 saturated heterocycles. The van der Waals surface area contributed by atoms with Gasteiger partial charge >= 0.3 is 0 Å². The lowest BCUT2D eigenvalue weighted by Crippen LogP contribution is -2.41. The zero-order valence-corrected chi connectivity index (χ0v) is 14.3. The zero-order valence-electron chi connectivity index (χ0n) is 12.6. The third kappa shape index (κ3) is 3.87. The Morgan fingerprint density at radius 2 is 2.24 bits per heavy atom. The van der Waals surface area contributed by atoms with Crippen molar-refractivity contribution >= 4 is 32.2 Å². The molecule has 1 unspecified atom stereocenters. The molecule has 1 aliphatic heterocycles.